The lowest BCUT2D eigenvalue weighted by Crippen LogP contribution is -2.18. The molecular weight excluding hydrogens is 364 g/mol. The fourth-order valence-electron chi connectivity index (χ4n) is 2.22. The van der Waals surface area contributed by atoms with Gasteiger partial charge in [-0.05, 0) is 60.2 Å². The Morgan fingerprint density at radius 1 is 0.926 bits per heavy atom. The zero-order valence-electron chi connectivity index (χ0n) is 14.1. The molecule has 0 bridgehead atoms. The molecule has 1 aromatic heterocycles. The van der Waals surface area contributed by atoms with E-state index in [9.17, 15) is 9.59 Å². The van der Waals surface area contributed by atoms with Crippen LogP contribution in [-0.4, -0.2) is 23.0 Å². The molecule has 6 nitrogen and oxygen atoms in total. The van der Waals surface area contributed by atoms with Crippen LogP contribution < -0.4 is 10.7 Å². The second kappa shape index (κ2) is 8.73. The van der Waals surface area contributed by atoms with Gasteiger partial charge in [0.1, 0.15) is 0 Å². The van der Waals surface area contributed by atoms with E-state index < -0.39 is 0 Å². The van der Waals surface area contributed by atoms with Crippen molar-refractivity contribution in [2.24, 2.45) is 5.10 Å². The van der Waals surface area contributed by atoms with Gasteiger partial charge in [0, 0.05) is 34.2 Å². The molecule has 0 aliphatic carbocycles. The molecule has 27 heavy (non-hydrogen) atoms. The van der Waals surface area contributed by atoms with Crippen molar-refractivity contribution >= 4 is 35.3 Å². The molecule has 0 fully saturated rings. The van der Waals surface area contributed by atoms with Gasteiger partial charge in [0.05, 0.1) is 6.21 Å². The maximum atomic E-state index is 12.3. The maximum absolute atomic E-state index is 12.3. The number of carbonyl (C=O) groups excluding carboxylic acids is 2. The van der Waals surface area contributed by atoms with Crippen LogP contribution >= 0.6 is 11.6 Å². The Kier molecular flexibility index (Phi) is 5.91. The molecule has 134 valence electrons. The number of rotatable bonds is 5. The summed E-state index contributed by atoms with van der Waals surface area (Å²) in [6, 6.07) is 16.7. The molecule has 0 atom stereocenters. The number of halogens is 1. The summed E-state index contributed by atoms with van der Waals surface area (Å²) in [6.45, 7) is 0. The molecule has 1 heterocycles. The van der Waals surface area contributed by atoms with Crippen LogP contribution in [0.3, 0.4) is 0 Å². The molecule has 3 aromatic rings. The molecule has 0 unspecified atom stereocenters. The largest absolute Gasteiger partial charge is 0.322 e. The smallest absolute Gasteiger partial charge is 0.271 e. The molecule has 0 radical (unpaired) electrons. The average Bonchev–Trinajstić information content (AvgIpc) is 2.69. The molecule has 2 amide bonds. The van der Waals surface area contributed by atoms with Crippen LogP contribution in [0.1, 0.15) is 26.3 Å². The number of aromatic nitrogens is 1. The van der Waals surface area contributed by atoms with E-state index in [-0.39, 0.29) is 11.8 Å². The third-order valence-corrected chi connectivity index (χ3v) is 3.83. The van der Waals surface area contributed by atoms with Crippen LogP contribution in [0.4, 0.5) is 5.69 Å². The molecule has 0 aliphatic rings. The Morgan fingerprint density at radius 3 is 2.41 bits per heavy atom. The molecule has 0 saturated heterocycles. The molecule has 2 aromatic carbocycles. The van der Waals surface area contributed by atoms with E-state index in [1.54, 1.807) is 73.1 Å². The van der Waals surface area contributed by atoms with Crippen LogP contribution in [-0.2, 0) is 0 Å². The first-order chi connectivity index (χ1) is 13.1. The van der Waals surface area contributed by atoms with E-state index in [0.717, 1.165) is 5.56 Å². The second-order valence-electron chi connectivity index (χ2n) is 5.52. The van der Waals surface area contributed by atoms with Crippen molar-refractivity contribution in [3.8, 4) is 0 Å². The van der Waals surface area contributed by atoms with Crippen LogP contribution in [0.25, 0.3) is 0 Å². The second-order valence-corrected chi connectivity index (χ2v) is 5.96. The minimum absolute atomic E-state index is 0.292. The number of benzene rings is 2. The lowest BCUT2D eigenvalue weighted by Gasteiger charge is -2.07. The number of carbonyl (C=O) groups is 2. The zero-order valence-corrected chi connectivity index (χ0v) is 14.9. The first kappa shape index (κ1) is 18.3. The minimum Gasteiger partial charge on any atom is -0.322 e. The van der Waals surface area contributed by atoms with Crippen molar-refractivity contribution in [1.82, 2.24) is 10.4 Å². The molecular formula is C20H15ClN4O2. The van der Waals surface area contributed by atoms with Crippen molar-refractivity contribution in [1.29, 1.82) is 0 Å². The van der Waals surface area contributed by atoms with E-state index in [1.807, 2.05) is 0 Å². The predicted molar refractivity (Wildman–Crippen MR) is 105 cm³/mol. The van der Waals surface area contributed by atoms with Crippen molar-refractivity contribution in [2.45, 2.75) is 0 Å². The van der Waals surface area contributed by atoms with Gasteiger partial charge in [0.25, 0.3) is 11.8 Å². The number of nitrogens with one attached hydrogen (secondary N) is 2. The lowest BCUT2D eigenvalue weighted by molar-refractivity contribution is 0.0953. The van der Waals surface area contributed by atoms with Crippen molar-refractivity contribution in [3.05, 3.63) is 94.8 Å². The summed E-state index contributed by atoms with van der Waals surface area (Å²) in [5.41, 5.74) is 4.60. The maximum Gasteiger partial charge on any atom is 0.271 e. The average molecular weight is 379 g/mol. The summed E-state index contributed by atoms with van der Waals surface area (Å²) < 4.78 is 0. The van der Waals surface area contributed by atoms with Crippen molar-refractivity contribution in [3.63, 3.8) is 0 Å². The Hall–Kier alpha value is -3.51. The van der Waals surface area contributed by atoms with Gasteiger partial charge in [-0.15, -0.1) is 0 Å². The van der Waals surface area contributed by atoms with Gasteiger partial charge < -0.3 is 5.32 Å². The highest BCUT2D eigenvalue weighted by Gasteiger charge is 2.09. The van der Waals surface area contributed by atoms with Crippen LogP contribution in [0.15, 0.2) is 78.2 Å². The van der Waals surface area contributed by atoms with Crippen LogP contribution in [0, 0.1) is 0 Å². The number of nitrogens with zero attached hydrogens (tertiary/aromatic N) is 2. The number of pyridine rings is 1. The van der Waals surface area contributed by atoms with E-state index in [1.165, 1.54) is 6.21 Å². The Bertz CT molecular complexity index is 973. The predicted octanol–water partition coefficient (Wildman–Crippen LogP) is 3.75. The zero-order chi connectivity index (χ0) is 19.1. The van der Waals surface area contributed by atoms with E-state index in [0.29, 0.717) is 21.8 Å². The van der Waals surface area contributed by atoms with E-state index >= 15 is 0 Å². The van der Waals surface area contributed by atoms with Gasteiger partial charge >= 0.3 is 0 Å². The number of hydrogen-bond acceptors (Lipinski definition) is 4. The highest BCUT2D eigenvalue weighted by atomic mass is 35.5. The van der Waals surface area contributed by atoms with E-state index in [4.69, 9.17) is 11.6 Å². The van der Waals surface area contributed by atoms with Gasteiger partial charge in [0.15, 0.2) is 0 Å². The van der Waals surface area contributed by atoms with Crippen molar-refractivity contribution < 1.29 is 9.59 Å². The Balaban J connectivity index is 1.64. The lowest BCUT2D eigenvalue weighted by atomic mass is 10.1. The molecule has 2 N–H and O–H groups in total. The summed E-state index contributed by atoms with van der Waals surface area (Å²) in [5, 5.41) is 7.21. The third kappa shape index (κ3) is 5.23. The topological polar surface area (TPSA) is 83.4 Å². The summed E-state index contributed by atoms with van der Waals surface area (Å²) in [5.74, 6) is -0.678. The number of amides is 2. The van der Waals surface area contributed by atoms with E-state index in [2.05, 4.69) is 20.8 Å². The van der Waals surface area contributed by atoms with Crippen molar-refractivity contribution in [2.75, 3.05) is 5.32 Å². The van der Waals surface area contributed by atoms with Gasteiger partial charge in [-0.3, -0.25) is 14.6 Å². The monoisotopic (exact) mass is 378 g/mol. The SMILES string of the molecule is O=C(NN=Cc1ccncc1)c1cccc(NC(=O)c2ccc(Cl)cc2)c1. The summed E-state index contributed by atoms with van der Waals surface area (Å²) in [6.07, 6.45) is 4.79. The number of hydrazone groups is 1. The molecule has 0 saturated carbocycles. The van der Waals surface area contributed by atoms with Crippen LogP contribution in [0.2, 0.25) is 5.02 Å². The summed E-state index contributed by atoms with van der Waals surface area (Å²) >= 11 is 5.82. The Morgan fingerprint density at radius 2 is 1.67 bits per heavy atom. The highest BCUT2D eigenvalue weighted by Crippen LogP contribution is 2.14. The first-order valence-electron chi connectivity index (χ1n) is 8.02. The first-order valence-corrected chi connectivity index (χ1v) is 8.40. The van der Waals surface area contributed by atoms with Gasteiger partial charge in [-0.25, -0.2) is 5.43 Å². The quantitative estimate of drug-likeness (QED) is 0.524. The summed E-state index contributed by atoms with van der Waals surface area (Å²) in [7, 11) is 0. The van der Waals surface area contributed by atoms with Gasteiger partial charge in [-0.1, -0.05) is 17.7 Å². The molecule has 7 heteroatoms. The number of anilines is 1. The standard InChI is InChI=1S/C20H15ClN4O2/c21-17-6-4-15(5-7-17)19(26)24-18-3-1-2-16(12-18)20(27)25-23-13-14-8-10-22-11-9-14/h1-13H,(H,24,26)(H,25,27). The van der Waals surface area contributed by atoms with Gasteiger partial charge in [0.2, 0.25) is 0 Å². The van der Waals surface area contributed by atoms with Gasteiger partial charge in [-0.2, -0.15) is 5.10 Å². The minimum atomic E-state index is -0.386. The normalized spacial score (nSPS) is 10.6. The van der Waals surface area contributed by atoms with Crippen LogP contribution in [0.5, 0.6) is 0 Å². The fraction of sp³-hybridized carbons (Fsp3) is 0. The Labute approximate surface area is 160 Å². The third-order valence-electron chi connectivity index (χ3n) is 3.57. The molecule has 3 rings (SSSR count). The molecule has 0 aliphatic heterocycles. The summed E-state index contributed by atoms with van der Waals surface area (Å²) in [4.78, 5) is 28.4. The fourth-order valence-corrected chi connectivity index (χ4v) is 2.35. The molecule has 0 spiro atoms. The number of hydrogen-bond donors (Lipinski definition) is 2. The highest BCUT2D eigenvalue weighted by molar-refractivity contribution is 6.30.